The number of halogens is 2. The highest BCUT2D eigenvalue weighted by Gasteiger charge is 2.14. The normalized spacial score (nSPS) is 12.7. The molecule has 0 aliphatic heterocycles. The molecule has 2 rings (SSSR count). The van der Waals surface area contributed by atoms with Gasteiger partial charge < -0.3 is 10.3 Å². The second-order valence-corrected chi connectivity index (χ2v) is 4.82. The van der Waals surface area contributed by atoms with E-state index in [1.54, 1.807) is 12.1 Å². The van der Waals surface area contributed by atoms with Crippen LogP contribution < -0.4 is 5.73 Å². The number of aromatic nitrogens is 2. The predicted molar refractivity (Wildman–Crippen MR) is 70.8 cm³/mol. The highest BCUT2D eigenvalue weighted by molar-refractivity contribution is 6.35. The van der Waals surface area contributed by atoms with Gasteiger partial charge in [0.15, 0.2) is 5.82 Å². The van der Waals surface area contributed by atoms with Crippen LogP contribution in [0, 0.1) is 0 Å². The van der Waals surface area contributed by atoms with Crippen molar-refractivity contribution in [3.63, 3.8) is 0 Å². The third kappa shape index (κ3) is 3.02. The predicted octanol–water partition coefficient (Wildman–Crippen LogP) is 3.38. The van der Waals surface area contributed by atoms with E-state index in [1.165, 1.54) is 0 Å². The van der Waals surface area contributed by atoms with Crippen LogP contribution in [0.4, 0.5) is 0 Å². The van der Waals surface area contributed by atoms with E-state index in [4.69, 9.17) is 33.5 Å². The van der Waals surface area contributed by atoms with E-state index in [0.717, 1.165) is 12.0 Å². The largest absolute Gasteiger partial charge is 0.338 e. The number of hydrogen-bond donors (Lipinski definition) is 1. The van der Waals surface area contributed by atoms with E-state index in [2.05, 4.69) is 10.1 Å². The Hall–Kier alpha value is -1.10. The maximum atomic E-state index is 6.08. The Balaban J connectivity index is 2.16. The van der Waals surface area contributed by atoms with Crippen LogP contribution in [-0.4, -0.2) is 10.1 Å². The van der Waals surface area contributed by atoms with Gasteiger partial charge in [0, 0.05) is 16.5 Å². The van der Waals surface area contributed by atoms with Crippen molar-refractivity contribution in [3.05, 3.63) is 45.5 Å². The molecule has 1 atom stereocenters. The molecule has 0 aliphatic rings. The lowest BCUT2D eigenvalue weighted by Crippen LogP contribution is -2.08. The molecule has 0 fully saturated rings. The summed E-state index contributed by atoms with van der Waals surface area (Å²) in [7, 11) is 0. The minimum atomic E-state index is -0.216. The van der Waals surface area contributed by atoms with Crippen molar-refractivity contribution in [2.24, 2.45) is 5.73 Å². The first-order valence-electron chi connectivity index (χ1n) is 5.62. The summed E-state index contributed by atoms with van der Waals surface area (Å²) in [5, 5.41) is 5.08. The van der Waals surface area contributed by atoms with Crippen LogP contribution in [0.15, 0.2) is 22.7 Å². The standard InChI is InChI=1S/C12H13Cl2N3O/c1-2-10(15)12-16-11(17-18-12)5-7-3-4-8(13)6-9(7)14/h3-4,6,10H,2,5,15H2,1H3/t10-/m0/s1. The van der Waals surface area contributed by atoms with Gasteiger partial charge in [-0.3, -0.25) is 0 Å². The van der Waals surface area contributed by atoms with Gasteiger partial charge >= 0.3 is 0 Å². The molecule has 4 nitrogen and oxygen atoms in total. The van der Waals surface area contributed by atoms with E-state index >= 15 is 0 Å². The third-order valence-corrected chi connectivity index (χ3v) is 3.19. The number of benzene rings is 1. The SMILES string of the molecule is CC[C@H](N)c1nc(Cc2ccc(Cl)cc2Cl)no1. The summed E-state index contributed by atoms with van der Waals surface area (Å²) >= 11 is 11.9. The molecule has 2 N–H and O–H groups in total. The van der Waals surface area contributed by atoms with Crippen LogP contribution in [0.25, 0.3) is 0 Å². The van der Waals surface area contributed by atoms with Gasteiger partial charge in [0.1, 0.15) is 0 Å². The van der Waals surface area contributed by atoms with Crippen molar-refractivity contribution in [2.45, 2.75) is 25.8 Å². The van der Waals surface area contributed by atoms with Gasteiger partial charge in [-0.15, -0.1) is 0 Å². The summed E-state index contributed by atoms with van der Waals surface area (Å²) in [4.78, 5) is 4.25. The minimum absolute atomic E-state index is 0.216. The van der Waals surface area contributed by atoms with E-state index in [-0.39, 0.29) is 6.04 Å². The van der Waals surface area contributed by atoms with Gasteiger partial charge in [0.25, 0.3) is 0 Å². The molecule has 0 saturated heterocycles. The fourth-order valence-electron chi connectivity index (χ4n) is 1.50. The van der Waals surface area contributed by atoms with Gasteiger partial charge in [0.05, 0.1) is 6.04 Å². The molecular weight excluding hydrogens is 273 g/mol. The number of nitrogens with two attached hydrogens (primary N) is 1. The van der Waals surface area contributed by atoms with Gasteiger partial charge in [0.2, 0.25) is 5.89 Å². The summed E-state index contributed by atoms with van der Waals surface area (Å²) in [6, 6.07) is 5.10. The van der Waals surface area contributed by atoms with E-state index in [1.807, 2.05) is 13.0 Å². The monoisotopic (exact) mass is 285 g/mol. The molecule has 0 unspecified atom stereocenters. The lowest BCUT2D eigenvalue weighted by atomic mass is 10.1. The Bertz CT molecular complexity index is 542. The molecule has 0 spiro atoms. The fraction of sp³-hybridized carbons (Fsp3) is 0.333. The Morgan fingerprint density at radius 2 is 2.17 bits per heavy atom. The van der Waals surface area contributed by atoms with Crippen molar-refractivity contribution >= 4 is 23.2 Å². The van der Waals surface area contributed by atoms with Crippen LogP contribution >= 0.6 is 23.2 Å². The summed E-state index contributed by atoms with van der Waals surface area (Å²) in [6.45, 7) is 1.96. The van der Waals surface area contributed by atoms with Gasteiger partial charge in [-0.1, -0.05) is 41.3 Å². The van der Waals surface area contributed by atoms with Crippen LogP contribution in [-0.2, 0) is 6.42 Å². The highest BCUT2D eigenvalue weighted by atomic mass is 35.5. The number of nitrogens with zero attached hydrogens (tertiary/aromatic N) is 2. The van der Waals surface area contributed by atoms with E-state index < -0.39 is 0 Å². The van der Waals surface area contributed by atoms with Crippen molar-refractivity contribution in [1.29, 1.82) is 0 Å². The maximum Gasteiger partial charge on any atom is 0.243 e. The van der Waals surface area contributed by atoms with Crippen LogP contribution in [0.2, 0.25) is 10.0 Å². The van der Waals surface area contributed by atoms with Crippen LogP contribution in [0.1, 0.15) is 36.7 Å². The summed E-state index contributed by atoms with van der Waals surface area (Å²) in [6.07, 6.45) is 1.25. The molecule has 2 aromatic rings. The molecule has 1 heterocycles. The van der Waals surface area contributed by atoms with Crippen molar-refractivity contribution < 1.29 is 4.52 Å². The van der Waals surface area contributed by atoms with Gasteiger partial charge in [-0.25, -0.2) is 0 Å². The van der Waals surface area contributed by atoms with Crippen molar-refractivity contribution in [3.8, 4) is 0 Å². The van der Waals surface area contributed by atoms with E-state index in [9.17, 15) is 0 Å². The zero-order chi connectivity index (χ0) is 13.1. The van der Waals surface area contributed by atoms with E-state index in [0.29, 0.717) is 28.2 Å². The topological polar surface area (TPSA) is 64.9 Å². The molecule has 0 radical (unpaired) electrons. The van der Waals surface area contributed by atoms with Crippen molar-refractivity contribution in [2.75, 3.05) is 0 Å². The number of hydrogen-bond acceptors (Lipinski definition) is 4. The smallest absolute Gasteiger partial charge is 0.243 e. The first-order valence-corrected chi connectivity index (χ1v) is 6.37. The minimum Gasteiger partial charge on any atom is -0.338 e. The second-order valence-electron chi connectivity index (χ2n) is 3.98. The van der Waals surface area contributed by atoms with Gasteiger partial charge in [-0.2, -0.15) is 4.98 Å². The average Bonchev–Trinajstić information content (AvgIpc) is 2.80. The molecule has 1 aromatic carbocycles. The average molecular weight is 286 g/mol. The Morgan fingerprint density at radius 3 is 2.83 bits per heavy atom. The molecule has 0 saturated carbocycles. The van der Waals surface area contributed by atoms with Gasteiger partial charge in [-0.05, 0) is 24.1 Å². The molecule has 0 amide bonds. The zero-order valence-electron chi connectivity index (χ0n) is 9.86. The third-order valence-electron chi connectivity index (χ3n) is 2.60. The zero-order valence-corrected chi connectivity index (χ0v) is 11.4. The second kappa shape index (κ2) is 5.69. The fourth-order valence-corrected chi connectivity index (χ4v) is 1.98. The Kier molecular flexibility index (Phi) is 4.22. The Labute approximate surface area is 115 Å². The summed E-state index contributed by atoms with van der Waals surface area (Å²) in [5.41, 5.74) is 6.71. The first kappa shape index (κ1) is 13.3. The Morgan fingerprint density at radius 1 is 1.39 bits per heavy atom. The summed E-state index contributed by atoms with van der Waals surface area (Å²) in [5.74, 6) is 1.02. The molecule has 18 heavy (non-hydrogen) atoms. The molecule has 0 aliphatic carbocycles. The molecule has 0 bridgehead atoms. The molecular formula is C12H13Cl2N3O. The lowest BCUT2D eigenvalue weighted by molar-refractivity contribution is 0.348. The maximum absolute atomic E-state index is 6.08. The van der Waals surface area contributed by atoms with Crippen molar-refractivity contribution in [1.82, 2.24) is 10.1 Å². The molecule has 6 heteroatoms. The lowest BCUT2D eigenvalue weighted by Gasteiger charge is -2.01. The van der Waals surface area contributed by atoms with Crippen LogP contribution in [0.3, 0.4) is 0 Å². The molecule has 1 aromatic heterocycles. The summed E-state index contributed by atoms with van der Waals surface area (Å²) < 4.78 is 5.10. The van der Waals surface area contributed by atoms with Crippen LogP contribution in [0.5, 0.6) is 0 Å². The molecule has 96 valence electrons. The number of rotatable bonds is 4. The highest BCUT2D eigenvalue weighted by Crippen LogP contribution is 2.23. The first-order chi connectivity index (χ1) is 8.60. The quantitative estimate of drug-likeness (QED) is 0.935.